The molecule has 0 aromatic carbocycles. The molecule has 1 atom stereocenters. The van der Waals surface area contributed by atoms with Gasteiger partial charge in [0.05, 0.1) is 5.71 Å². The number of carbonyl (C=O) groups is 1. The molecule has 114 valence electrons. The van der Waals surface area contributed by atoms with Crippen LogP contribution in [0, 0.1) is 0 Å². The van der Waals surface area contributed by atoms with Crippen molar-refractivity contribution in [3.8, 4) is 0 Å². The van der Waals surface area contributed by atoms with Gasteiger partial charge in [-0.2, -0.15) is 5.10 Å². The average Bonchev–Trinajstić information content (AvgIpc) is 3.12. The van der Waals surface area contributed by atoms with Crippen LogP contribution in [0.3, 0.4) is 0 Å². The van der Waals surface area contributed by atoms with Crippen LogP contribution in [-0.2, 0) is 17.8 Å². The molecule has 1 aromatic heterocycles. The second-order valence-corrected chi connectivity index (χ2v) is 5.54. The van der Waals surface area contributed by atoms with Crippen molar-refractivity contribution in [1.82, 2.24) is 20.4 Å². The van der Waals surface area contributed by atoms with Gasteiger partial charge < -0.3 is 10.2 Å². The molecule has 0 fully saturated rings. The van der Waals surface area contributed by atoms with Crippen LogP contribution in [0.4, 0.5) is 0 Å². The maximum absolute atomic E-state index is 11.8. The Labute approximate surface area is 123 Å². The van der Waals surface area contributed by atoms with Gasteiger partial charge in [-0.15, -0.1) is 0 Å². The van der Waals surface area contributed by atoms with Gasteiger partial charge in [0.1, 0.15) is 6.10 Å². The Kier molecular flexibility index (Phi) is 3.92. The molecule has 0 bridgehead atoms. The van der Waals surface area contributed by atoms with E-state index in [1.165, 1.54) is 0 Å². The van der Waals surface area contributed by atoms with Gasteiger partial charge in [-0.05, 0) is 6.42 Å². The molecule has 2 aliphatic heterocycles. The summed E-state index contributed by atoms with van der Waals surface area (Å²) in [6.07, 6.45) is 2.88. The number of H-pyrrole nitrogens is 1. The Bertz CT molecular complexity index is 566. The zero-order valence-electron chi connectivity index (χ0n) is 12.5. The Morgan fingerprint density at radius 2 is 2.43 bits per heavy atom. The van der Waals surface area contributed by atoms with E-state index in [0.29, 0.717) is 5.69 Å². The quantitative estimate of drug-likeness (QED) is 0.854. The van der Waals surface area contributed by atoms with Crippen LogP contribution in [0.25, 0.3) is 0 Å². The first kappa shape index (κ1) is 14.1. The molecule has 1 amide bonds. The number of nitrogens with zero attached hydrogens (tertiary/aromatic N) is 3. The van der Waals surface area contributed by atoms with Gasteiger partial charge in [0, 0.05) is 50.8 Å². The van der Waals surface area contributed by atoms with Gasteiger partial charge in [0.15, 0.2) is 5.69 Å². The molecule has 2 N–H and O–H groups in total. The number of hydrogen-bond donors (Lipinski definition) is 2. The summed E-state index contributed by atoms with van der Waals surface area (Å²) in [6.45, 7) is 4.61. The fourth-order valence-electron chi connectivity index (χ4n) is 2.89. The fraction of sp³-hybridized carbons (Fsp3) is 0.643. The van der Waals surface area contributed by atoms with E-state index in [1.54, 1.807) is 7.05 Å². The van der Waals surface area contributed by atoms with Crippen LogP contribution < -0.4 is 5.32 Å². The molecule has 3 heterocycles. The maximum Gasteiger partial charge on any atom is 0.271 e. The van der Waals surface area contributed by atoms with Crippen molar-refractivity contribution in [1.29, 1.82) is 0 Å². The lowest BCUT2D eigenvalue weighted by Gasteiger charge is -2.28. The Morgan fingerprint density at radius 1 is 1.57 bits per heavy atom. The summed E-state index contributed by atoms with van der Waals surface area (Å²) in [7, 11) is 1.62. The van der Waals surface area contributed by atoms with Gasteiger partial charge in [-0.3, -0.25) is 14.8 Å². The third-order valence-corrected chi connectivity index (χ3v) is 4.12. The van der Waals surface area contributed by atoms with E-state index in [4.69, 9.17) is 4.84 Å². The van der Waals surface area contributed by atoms with Gasteiger partial charge in [0.25, 0.3) is 5.91 Å². The van der Waals surface area contributed by atoms with E-state index in [0.717, 1.165) is 55.9 Å². The van der Waals surface area contributed by atoms with Crippen molar-refractivity contribution in [2.45, 2.75) is 38.8 Å². The molecule has 0 saturated heterocycles. The Balaban J connectivity index is 1.64. The second-order valence-electron chi connectivity index (χ2n) is 5.54. The van der Waals surface area contributed by atoms with Crippen molar-refractivity contribution < 1.29 is 9.63 Å². The first-order chi connectivity index (χ1) is 10.2. The summed E-state index contributed by atoms with van der Waals surface area (Å²) < 4.78 is 0. The zero-order chi connectivity index (χ0) is 14.8. The van der Waals surface area contributed by atoms with Crippen LogP contribution in [0.5, 0.6) is 0 Å². The number of carbonyl (C=O) groups excluding carboxylic acids is 1. The summed E-state index contributed by atoms with van der Waals surface area (Å²) in [5, 5.41) is 13.9. The summed E-state index contributed by atoms with van der Waals surface area (Å²) in [4.78, 5) is 19.6. The lowest BCUT2D eigenvalue weighted by molar-refractivity contribution is 0.0486. The number of aromatic nitrogens is 2. The van der Waals surface area contributed by atoms with Crippen LogP contribution in [0.2, 0.25) is 0 Å². The van der Waals surface area contributed by atoms with Crippen molar-refractivity contribution >= 4 is 11.6 Å². The van der Waals surface area contributed by atoms with E-state index in [-0.39, 0.29) is 12.0 Å². The SMILES string of the molecule is CCC1=NO[C@H](CN2CCc3[nH]nc(C(=O)NC)c3C2)C1. The predicted octanol–water partition coefficient (Wildman–Crippen LogP) is 0.682. The highest BCUT2D eigenvalue weighted by Crippen LogP contribution is 2.22. The first-order valence-corrected chi connectivity index (χ1v) is 7.43. The van der Waals surface area contributed by atoms with Gasteiger partial charge >= 0.3 is 0 Å². The van der Waals surface area contributed by atoms with Crippen molar-refractivity contribution in [3.05, 3.63) is 17.0 Å². The molecule has 0 unspecified atom stereocenters. The summed E-state index contributed by atoms with van der Waals surface area (Å²) in [5.74, 6) is -0.136. The van der Waals surface area contributed by atoms with E-state index in [2.05, 4.69) is 32.5 Å². The topological polar surface area (TPSA) is 82.6 Å². The number of nitrogens with one attached hydrogen (secondary N) is 2. The minimum Gasteiger partial charge on any atom is -0.391 e. The third kappa shape index (κ3) is 2.78. The lowest BCUT2D eigenvalue weighted by Crippen LogP contribution is -2.37. The molecule has 7 heteroatoms. The lowest BCUT2D eigenvalue weighted by atomic mass is 10.0. The molecule has 3 rings (SSSR count). The number of aromatic amines is 1. The predicted molar refractivity (Wildman–Crippen MR) is 78.2 cm³/mol. The second kappa shape index (κ2) is 5.85. The van der Waals surface area contributed by atoms with Crippen molar-refractivity contribution in [2.75, 3.05) is 20.1 Å². The van der Waals surface area contributed by atoms with Crippen molar-refractivity contribution in [3.63, 3.8) is 0 Å². The zero-order valence-corrected chi connectivity index (χ0v) is 12.5. The van der Waals surface area contributed by atoms with E-state index >= 15 is 0 Å². The van der Waals surface area contributed by atoms with Crippen molar-refractivity contribution in [2.24, 2.45) is 5.16 Å². The number of oxime groups is 1. The fourth-order valence-corrected chi connectivity index (χ4v) is 2.89. The number of fused-ring (bicyclic) bond motifs is 1. The van der Waals surface area contributed by atoms with Gasteiger partial charge in [0.2, 0.25) is 0 Å². The molecule has 0 saturated carbocycles. The average molecular weight is 291 g/mol. The normalized spacial score (nSPS) is 21.6. The molecule has 21 heavy (non-hydrogen) atoms. The van der Waals surface area contributed by atoms with Crippen LogP contribution in [0.15, 0.2) is 5.16 Å². The molecule has 1 aromatic rings. The smallest absolute Gasteiger partial charge is 0.271 e. The Morgan fingerprint density at radius 3 is 3.14 bits per heavy atom. The molecule has 2 aliphatic rings. The molecule has 0 aliphatic carbocycles. The number of hydrogen-bond acceptors (Lipinski definition) is 5. The summed E-state index contributed by atoms with van der Waals surface area (Å²) in [6, 6.07) is 0. The third-order valence-electron chi connectivity index (χ3n) is 4.12. The molecular weight excluding hydrogens is 270 g/mol. The van der Waals surface area contributed by atoms with Gasteiger partial charge in [-0.25, -0.2) is 0 Å². The summed E-state index contributed by atoms with van der Waals surface area (Å²) in [5.41, 5.74) is 3.72. The number of amides is 1. The summed E-state index contributed by atoms with van der Waals surface area (Å²) >= 11 is 0. The first-order valence-electron chi connectivity index (χ1n) is 7.43. The molecule has 7 nitrogen and oxygen atoms in total. The van der Waals surface area contributed by atoms with E-state index < -0.39 is 0 Å². The van der Waals surface area contributed by atoms with Crippen LogP contribution in [0.1, 0.15) is 41.5 Å². The number of rotatable bonds is 4. The molecule has 0 radical (unpaired) electrons. The highest BCUT2D eigenvalue weighted by atomic mass is 16.6. The molecule has 0 spiro atoms. The highest BCUT2D eigenvalue weighted by molar-refractivity contribution is 5.93. The standard InChI is InChI=1S/C14H21N5O2/c1-3-9-6-10(21-18-9)7-19-5-4-12-11(8-19)13(17-16-12)14(20)15-2/h10H,3-8H2,1-2H3,(H,15,20)(H,16,17)/t10-/m0/s1. The van der Waals surface area contributed by atoms with E-state index in [1.807, 2.05) is 0 Å². The molecular formula is C14H21N5O2. The van der Waals surface area contributed by atoms with Crippen LogP contribution >= 0.6 is 0 Å². The van der Waals surface area contributed by atoms with Gasteiger partial charge in [-0.1, -0.05) is 12.1 Å². The highest BCUT2D eigenvalue weighted by Gasteiger charge is 2.28. The Hall–Kier alpha value is -1.89. The van der Waals surface area contributed by atoms with Crippen LogP contribution in [-0.4, -0.2) is 53.0 Å². The minimum atomic E-state index is -0.136. The van der Waals surface area contributed by atoms with E-state index in [9.17, 15) is 4.79 Å². The monoisotopic (exact) mass is 291 g/mol. The largest absolute Gasteiger partial charge is 0.391 e. The minimum absolute atomic E-state index is 0.136. The maximum atomic E-state index is 11.8.